The molecular weight excluding hydrogens is 374 g/mol. The van der Waals surface area contributed by atoms with Gasteiger partial charge in [-0.1, -0.05) is 41.6 Å². The van der Waals surface area contributed by atoms with Crippen LogP contribution in [0.4, 0.5) is 5.69 Å². The van der Waals surface area contributed by atoms with Gasteiger partial charge in [0, 0.05) is 34.7 Å². The highest BCUT2D eigenvalue weighted by Crippen LogP contribution is 2.28. The summed E-state index contributed by atoms with van der Waals surface area (Å²) in [6, 6.07) is 15.2. The van der Waals surface area contributed by atoms with Gasteiger partial charge in [0.25, 0.3) is 5.69 Å². The van der Waals surface area contributed by atoms with Crippen LogP contribution in [-0.2, 0) is 5.75 Å². The van der Waals surface area contributed by atoms with Crippen molar-refractivity contribution in [3.63, 3.8) is 0 Å². The van der Waals surface area contributed by atoms with Crippen LogP contribution in [0.3, 0.4) is 0 Å². The SMILES string of the molecule is Cc1cc(Oc2ccc([N+](=O)[O-])cc2)nc(SCc2ccccc2Cl)n1. The molecule has 3 rings (SSSR count). The second-order valence-corrected chi connectivity index (χ2v) is 6.71. The number of hydrogen-bond donors (Lipinski definition) is 0. The van der Waals surface area contributed by atoms with Crippen LogP contribution in [0.2, 0.25) is 5.02 Å². The molecule has 0 saturated heterocycles. The highest BCUT2D eigenvalue weighted by molar-refractivity contribution is 7.98. The Bertz CT molecular complexity index is 935. The normalized spacial score (nSPS) is 10.5. The first-order chi connectivity index (χ1) is 12.5. The van der Waals surface area contributed by atoms with E-state index >= 15 is 0 Å². The molecule has 2 aromatic carbocycles. The molecular formula is C18H14ClN3O3S. The van der Waals surface area contributed by atoms with Crippen LogP contribution in [0, 0.1) is 17.0 Å². The van der Waals surface area contributed by atoms with Crippen molar-refractivity contribution in [2.75, 3.05) is 0 Å². The monoisotopic (exact) mass is 387 g/mol. The number of non-ortho nitro benzene ring substituents is 1. The molecule has 0 aliphatic carbocycles. The number of hydrogen-bond acceptors (Lipinski definition) is 6. The van der Waals surface area contributed by atoms with Crippen molar-refractivity contribution in [1.82, 2.24) is 9.97 Å². The van der Waals surface area contributed by atoms with E-state index in [0.29, 0.717) is 27.6 Å². The lowest BCUT2D eigenvalue weighted by Crippen LogP contribution is -1.95. The number of benzene rings is 2. The number of aromatic nitrogens is 2. The molecule has 0 atom stereocenters. The second-order valence-electron chi connectivity index (χ2n) is 5.36. The zero-order valence-corrected chi connectivity index (χ0v) is 15.3. The van der Waals surface area contributed by atoms with Gasteiger partial charge in [0.05, 0.1) is 4.92 Å². The van der Waals surface area contributed by atoms with E-state index in [1.54, 1.807) is 6.07 Å². The number of halogens is 1. The lowest BCUT2D eigenvalue weighted by atomic mass is 10.2. The van der Waals surface area contributed by atoms with E-state index in [2.05, 4.69) is 9.97 Å². The van der Waals surface area contributed by atoms with Crippen LogP contribution in [0.1, 0.15) is 11.3 Å². The molecule has 6 nitrogen and oxygen atoms in total. The molecule has 3 aromatic rings. The smallest absolute Gasteiger partial charge is 0.269 e. The van der Waals surface area contributed by atoms with Crippen LogP contribution >= 0.6 is 23.4 Å². The van der Waals surface area contributed by atoms with Gasteiger partial charge in [0.1, 0.15) is 5.75 Å². The predicted molar refractivity (Wildman–Crippen MR) is 101 cm³/mol. The largest absolute Gasteiger partial charge is 0.439 e. The lowest BCUT2D eigenvalue weighted by Gasteiger charge is -2.08. The first kappa shape index (κ1) is 18.2. The highest BCUT2D eigenvalue weighted by atomic mass is 35.5. The summed E-state index contributed by atoms with van der Waals surface area (Å²) in [4.78, 5) is 19.0. The second kappa shape index (κ2) is 8.16. The van der Waals surface area contributed by atoms with Crippen molar-refractivity contribution >= 4 is 29.1 Å². The van der Waals surface area contributed by atoms with Gasteiger partial charge in [-0.2, -0.15) is 4.98 Å². The van der Waals surface area contributed by atoms with Crippen LogP contribution < -0.4 is 4.74 Å². The van der Waals surface area contributed by atoms with Crippen LogP contribution in [0.15, 0.2) is 59.8 Å². The zero-order valence-electron chi connectivity index (χ0n) is 13.8. The maximum absolute atomic E-state index is 10.7. The summed E-state index contributed by atoms with van der Waals surface area (Å²) in [5.74, 6) is 1.49. The minimum Gasteiger partial charge on any atom is -0.439 e. The molecule has 0 unspecified atom stereocenters. The fourth-order valence-corrected chi connectivity index (χ4v) is 3.33. The standard InChI is InChI=1S/C18H14ClN3O3S/c1-12-10-17(25-15-8-6-14(7-9-15)22(23)24)21-18(20-12)26-11-13-4-2-3-5-16(13)19/h2-10H,11H2,1H3. The van der Waals surface area contributed by atoms with Crippen LogP contribution in [0.25, 0.3) is 0 Å². The van der Waals surface area contributed by atoms with E-state index in [1.165, 1.54) is 36.0 Å². The molecule has 0 aliphatic rings. The Kier molecular flexibility index (Phi) is 5.70. The van der Waals surface area contributed by atoms with Gasteiger partial charge >= 0.3 is 0 Å². The Balaban J connectivity index is 1.73. The molecule has 132 valence electrons. The van der Waals surface area contributed by atoms with Gasteiger partial charge in [0.2, 0.25) is 5.88 Å². The summed E-state index contributed by atoms with van der Waals surface area (Å²) in [5.41, 5.74) is 1.77. The molecule has 0 amide bonds. The molecule has 0 spiro atoms. The van der Waals surface area contributed by atoms with Gasteiger partial charge in [-0.25, -0.2) is 4.98 Å². The molecule has 26 heavy (non-hydrogen) atoms. The summed E-state index contributed by atoms with van der Waals surface area (Å²) in [5, 5.41) is 12.0. The quantitative estimate of drug-likeness (QED) is 0.243. The first-order valence-corrected chi connectivity index (χ1v) is 9.02. The number of nitrogens with zero attached hydrogens (tertiary/aromatic N) is 3. The Labute approximate surface area is 159 Å². The van der Waals surface area contributed by atoms with E-state index < -0.39 is 4.92 Å². The molecule has 0 fully saturated rings. The third-order valence-corrected chi connectivity index (χ3v) is 4.66. The zero-order chi connectivity index (χ0) is 18.5. The third-order valence-electron chi connectivity index (χ3n) is 3.39. The maximum atomic E-state index is 10.7. The average molecular weight is 388 g/mol. The Morgan fingerprint density at radius 1 is 1.15 bits per heavy atom. The molecule has 8 heteroatoms. The topological polar surface area (TPSA) is 78.2 Å². The molecule has 0 bridgehead atoms. The molecule has 0 saturated carbocycles. The fourth-order valence-electron chi connectivity index (χ4n) is 2.14. The summed E-state index contributed by atoms with van der Waals surface area (Å²) >= 11 is 7.63. The van der Waals surface area contributed by atoms with Crippen molar-refractivity contribution in [2.24, 2.45) is 0 Å². The van der Waals surface area contributed by atoms with Crippen molar-refractivity contribution in [3.05, 3.63) is 81.0 Å². The number of aryl methyl sites for hydroxylation is 1. The summed E-state index contributed by atoms with van der Waals surface area (Å²) in [6.07, 6.45) is 0. The Morgan fingerprint density at radius 2 is 1.88 bits per heavy atom. The van der Waals surface area contributed by atoms with E-state index in [0.717, 1.165) is 11.3 Å². The van der Waals surface area contributed by atoms with Gasteiger partial charge in [0.15, 0.2) is 5.16 Å². The fraction of sp³-hybridized carbons (Fsp3) is 0.111. The average Bonchev–Trinajstić information content (AvgIpc) is 2.61. The summed E-state index contributed by atoms with van der Waals surface area (Å²) < 4.78 is 5.70. The van der Waals surface area contributed by atoms with Crippen LogP contribution in [-0.4, -0.2) is 14.9 Å². The minimum atomic E-state index is -0.456. The van der Waals surface area contributed by atoms with E-state index in [9.17, 15) is 10.1 Å². The number of nitro groups is 1. The van der Waals surface area contributed by atoms with Gasteiger partial charge < -0.3 is 4.74 Å². The van der Waals surface area contributed by atoms with Crippen molar-refractivity contribution in [3.8, 4) is 11.6 Å². The van der Waals surface area contributed by atoms with E-state index in [-0.39, 0.29) is 5.69 Å². The summed E-state index contributed by atoms with van der Waals surface area (Å²) in [6.45, 7) is 1.85. The molecule has 0 radical (unpaired) electrons. The van der Waals surface area contributed by atoms with E-state index in [1.807, 2.05) is 31.2 Å². The Morgan fingerprint density at radius 3 is 2.58 bits per heavy atom. The highest BCUT2D eigenvalue weighted by Gasteiger charge is 2.09. The van der Waals surface area contributed by atoms with Gasteiger partial charge in [-0.15, -0.1) is 0 Å². The van der Waals surface area contributed by atoms with Gasteiger partial charge in [-0.3, -0.25) is 10.1 Å². The number of ether oxygens (including phenoxy) is 1. The first-order valence-electron chi connectivity index (χ1n) is 7.65. The number of rotatable bonds is 6. The molecule has 0 aliphatic heterocycles. The molecule has 0 N–H and O–H groups in total. The van der Waals surface area contributed by atoms with Crippen molar-refractivity contribution < 1.29 is 9.66 Å². The third kappa shape index (κ3) is 4.71. The molecule has 1 aromatic heterocycles. The van der Waals surface area contributed by atoms with E-state index in [4.69, 9.17) is 16.3 Å². The molecule has 1 heterocycles. The van der Waals surface area contributed by atoms with Crippen LogP contribution in [0.5, 0.6) is 11.6 Å². The predicted octanol–water partition coefficient (Wildman–Crippen LogP) is 5.43. The minimum absolute atomic E-state index is 0.00667. The van der Waals surface area contributed by atoms with Crippen molar-refractivity contribution in [2.45, 2.75) is 17.8 Å². The van der Waals surface area contributed by atoms with Crippen molar-refractivity contribution in [1.29, 1.82) is 0 Å². The summed E-state index contributed by atoms with van der Waals surface area (Å²) in [7, 11) is 0. The maximum Gasteiger partial charge on any atom is 0.269 e. The number of nitro benzene ring substituents is 1. The van der Waals surface area contributed by atoms with Gasteiger partial charge in [-0.05, 0) is 30.7 Å². The lowest BCUT2D eigenvalue weighted by molar-refractivity contribution is -0.384. The number of thioether (sulfide) groups is 1. The Hall–Kier alpha value is -2.64.